The zero-order valence-corrected chi connectivity index (χ0v) is 24.8. The number of alkyl halides is 2. The summed E-state index contributed by atoms with van der Waals surface area (Å²) in [4.78, 5) is 14.8. The van der Waals surface area contributed by atoms with Crippen LogP contribution in [0.25, 0.3) is 22.0 Å². The van der Waals surface area contributed by atoms with Gasteiger partial charge < -0.3 is 19.9 Å². The van der Waals surface area contributed by atoms with Crippen molar-refractivity contribution >= 4 is 22.3 Å². The summed E-state index contributed by atoms with van der Waals surface area (Å²) in [5.74, 6) is 0.608. The van der Waals surface area contributed by atoms with E-state index in [2.05, 4.69) is 10.00 Å². The molecule has 0 unspecified atom stereocenters. The van der Waals surface area contributed by atoms with Crippen molar-refractivity contribution in [3.05, 3.63) is 69.8 Å². The number of aromatic nitrogens is 3. The van der Waals surface area contributed by atoms with E-state index >= 15 is 0 Å². The molecule has 0 saturated heterocycles. The summed E-state index contributed by atoms with van der Waals surface area (Å²) >= 11 is 0. The zero-order valence-electron chi connectivity index (χ0n) is 24.8. The molecule has 0 atom stereocenters. The van der Waals surface area contributed by atoms with Gasteiger partial charge in [-0.15, -0.1) is 0 Å². The maximum Gasteiger partial charge on any atom is 0.264 e. The second kappa shape index (κ2) is 13.1. The molecule has 2 aromatic carbocycles. The molecule has 2 aromatic heterocycles. The normalized spacial score (nSPS) is 13.3. The van der Waals surface area contributed by atoms with Crippen molar-refractivity contribution in [2.45, 2.75) is 71.3 Å². The molecule has 1 aliphatic rings. The minimum Gasteiger partial charge on any atom is -0.497 e. The fourth-order valence-electron chi connectivity index (χ4n) is 6.10. The molecule has 4 aromatic rings. The van der Waals surface area contributed by atoms with Gasteiger partial charge in [-0.25, -0.2) is 8.78 Å². The van der Waals surface area contributed by atoms with Crippen molar-refractivity contribution in [1.82, 2.24) is 14.3 Å². The van der Waals surface area contributed by atoms with Gasteiger partial charge in [0.05, 0.1) is 24.5 Å². The zero-order chi connectivity index (χ0) is 29.8. The Hall–Kier alpha value is -3.72. The molecule has 1 aliphatic heterocycles. The van der Waals surface area contributed by atoms with Crippen LogP contribution in [0.2, 0.25) is 0 Å². The van der Waals surface area contributed by atoms with E-state index in [1.807, 2.05) is 35.1 Å². The number of aryl methyl sites for hydroxylation is 4. The molecule has 0 bridgehead atoms. The summed E-state index contributed by atoms with van der Waals surface area (Å²) in [5.41, 5.74) is 10.7. The quantitative estimate of drug-likeness (QED) is 0.183. The Morgan fingerprint density at radius 3 is 2.52 bits per heavy atom. The Morgan fingerprint density at radius 1 is 1.02 bits per heavy atom. The number of benzene rings is 2. The van der Waals surface area contributed by atoms with E-state index in [1.54, 1.807) is 37.9 Å². The van der Waals surface area contributed by atoms with Crippen LogP contribution in [0.5, 0.6) is 5.75 Å². The van der Waals surface area contributed by atoms with Crippen LogP contribution in [0.3, 0.4) is 0 Å². The number of ether oxygens (including phenoxy) is 1. The lowest BCUT2D eigenvalue weighted by Gasteiger charge is -2.34. The van der Waals surface area contributed by atoms with Gasteiger partial charge in [-0.1, -0.05) is 25.7 Å². The largest absolute Gasteiger partial charge is 0.497 e. The topological polar surface area (TPSA) is 78.3 Å². The van der Waals surface area contributed by atoms with E-state index in [9.17, 15) is 13.6 Å². The third-order valence-electron chi connectivity index (χ3n) is 8.39. The number of fused-ring (bicyclic) bond motifs is 2. The Bertz CT molecular complexity index is 1610. The standard InChI is InChI=1S/C33H41F2N5O2/c1-22-15-28-30(38(2)33(22)41)17-25(42-3)18-31(28)40-14-10-11-23-16-26(27(32(34)35)19-29(23)40)24-20-37-39(21-24)13-9-7-5-4-6-8-12-36/h15-21,32H,4-14,36H2,1-3H3. The minimum absolute atomic E-state index is 0.00381. The predicted molar refractivity (Wildman–Crippen MR) is 165 cm³/mol. The van der Waals surface area contributed by atoms with Gasteiger partial charge in [-0.2, -0.15) is 5.10 Å². The molecule has 2 N–H and O–H groups in total. The number of hydrogen-bond acceptors (Lipinski definition) is 5. The van der Waals surface area contributed by atoms with Crippen molar-refractivity contribution in [1.29, 1.82) is 0 Å². The maximum absolute atomic E-state index is 14.6. The third kappa shape index (κ3) is 6.07. The fraction of sp³-hybridized carbons (Fsp3) is 0.455. The lowest BCUT2D eigenvalue weighted by atomic mass is 9.92. The second-order valence-electron chi connectivity index (χ2n) is 11.3. The van der Waals surface area contributed by atoms with Gasteiger partial charge >= 0.3 is 0 Å². The van der Waals surface area contributed by atoms with Crippen LogP contribution in [0.1, 0.15) is 68.1 Å². The molecule has 7 nitrogen and oxygen atoms in total. The van der Waals surface area contributed by atoms with Crippen LogP contribution < -0.4 is 20.9 Å². The van der Waals surface area contributed by atoms with Crippen LogP contribution >= 0.6 is 0 Å². The smallest absolute Gasteiger partial charge is 0.264 e. The van der Waals surface area contributed by atoms with Gasteiger partial charge in [0.1, 0.15) is 5.75 Å². The lowest BCUT2D eigenvalue weighted by molar-refractivity contribution is 0.152. The van der Waals surface area contributed by atoms with E-state index < -0.39 is 6.43 Å². The van der Waals surface area contributed by atoms with Gasteiger partial charge in [0.25, 0.3) is 12.0 Å². The van der Waals surface area contributed by atoms with Crippen molar-refractivity contribution in [2.75, 3.05) is 25.1 Å². The van der Waals surface area contributed by atoms with Crippen LogP contribution in [-0.4, -0.2) is 34.5 Å². The minimum atomic E-state index is -2.64. The Balaban J connectivity index is 1.48. The maximum atomic E-state index is 14.6. The van der Waals surface area contributed by atoms with Crippen molar-refractivity contribution in [3.8, 4) is 16.9 Å². The van der Waals surface area contributed by atoms with Crippen LogP contribution in [0.4, 0.5) is 20.2 Å². The molecule has 0 spiro atoms. The molecule has 0 aliphatic carbocycles. The monoisotopic (exact) mass is 577 g/mol. The summed E-state index contributed by atoms with van der Waals surface area (Å²) in [6.07, 6.45) is 9.33. The van der Waals surface area contributed by atoms with E-state index in [-0.39, 0.29) is 11.1 Å². The third-order valence-corrected chi connectivity index (χ3v) is 8.39. The molecule has 42 heavy (non-hydrogen) atoms. The average molecular weight is 578 g/mol. The number of halogens is 2. The summed E-state index contributed by atoms with van der Waals surface area (Å²) in [6.45, 7) is 3.98. The summed E-state index contributed by atoms with van der Waals surface area (Å²) in [5, 5.41) is 5.38. The Morgan fingerprint density at radius 2 is 1.79 bits per heavy atom. The van der Waals surface area contributed by atoms with Gasteiger partial charge in [-0.3, -0.25) is 9.48 Å². The highest BCUT2D eigenvalue weighted by molar-refractivity contribution is 5.96. The first-order valence-electron chi connectivity index (χ1n) is 15.0. The van der Waals surface area contributed by atoms with Gasteiger partial charge in [0, 0.05) is 66.2 Å². The number of pyridine rings is 1. The van der Waals surface area contributed by atoms with Gasteiger partial charge in [0.15, 0.2) is 0 Å². The average Bonchev–Trinajstić information content (AvgIpc) is 3.47. The van der Waals surface area contributed by atoms with Gasteiger partial charge in [-0.05, 0) is 68.5 Å². The van der Waals surface area contributed by atoms with Gasteiger partial charge in [0.2, 0.25) is 0 Å². The first kappa shape index (κ1) is 29.8. The molecule has 0 amide bonds. The number of nitrogens with zero attached hydrogens (tertiary/aromatic N) is 4. The molecule has 0 fully saturated rings. The van der Waals surface area contributed by atoms with Crippen LogP contribution in [0, 0.1) is 6.92 Å². The molecule has 3 heterocycles. The van der Waals surface area contributed by atoms with E-state index in [0.29, 0.717) is 29.0 Å². The Kier molecular flexibility index (Phi) is 9.26. The van der Waals surface area contributed by atoms with Crippen LogP contribution in [0.15, 0.2) is 47.5 Å². The highest BCUT2D eigenvalue weighted by Gasteiger charge is 2.26. The predicted octanol–water partition coefficient (Wildman–Crippen LogP) is 7.04. The summed E-state index contributed by atoms with van der Waals surface area (Å²) < 4.78 is 38.3. The number of hydrogen-bond donors (Lipinski definition) is 1. The van der Waals surface area contributed by atoms with Crippen molar-refractivity contribution < 1.29 is 13.5 Å². The number of methoxy groups -OCH3 is 1. The molecule has 9 heteroatoms. The molecule has 5 rings (SSSR count). The number of rotatable bonds is 12. The van der Waals surface area contributed by atoms with Crippen LogP contribution in [-0.2, 0) is 20.0 Å². The highest BCUT2D eigenvalue weighted by Crippen LogP contribution is 2.43. The molecular weight excluding hydrogens is 536 g/mol. The summed E-state index contributed by atoms with van der Waals surface area (Å²) in [7, 11) is 3.34. The molecule has 0 saturated carbocycles. The van der Waals surface area contributed by atoms with E-state index in [4.69, 9.17) is 10.5 Å². The number of anilines is 2. The first-order chi connectivity index (χ1) is 20.3. The first-order valence-corrected chi connectivity index (χ1v) is 15.0. The van der Waals surface area contributed by atoms with Crippen molar-refractivity contribution in [2.24, 2.45) is 12.8 Å². The highest BCUT2D eigenvalue weighted by atomic mass is 19.3. The number of nitrogens with two attached hydrogens (primary N) is 1. The molecular formula is C33H41F2N5O2. The van der Waals surface area contributed by atoms with E-state index in [1.165, 1.54) is 19.3 Å². The SMILES string of the molecule is COc1cc(N2CCCc3cc(-c4cnn(CCCCCCCCN)c4)c(C(F)F)cc32)c2cc(C)c(=O)n(C)c2c1. The fourth-order valence-corrected chi connectivity index (χ4v) is 6.10. The number of unbranched alkanes of at least 4 members (excludes halogenated alkanes) is 5. The van der Waals surface area contributed by atoms with E-state index in [0.717, 1.165) is 73.0 Å². The second-order valence-corrected chi connectivity index (χ2v) is 11.3. The molecule has 224 valence electrons. The lowest BCUT2D eigenvalue weighted by Crippen LogP contribution is -2.26. The van der Waals surface area contributed by atoms with Crippen molar-refractivity contribution in [3.63, 3.8) is 0 Å². The Labute approximate surface area is 245 Å². The summed E-state index contributed by atoms with van der Waals surface area (Å²) in [6, 6.07) is 9.23. The molecule has 0 radical (unpaired) electrons.